The standard InChI is InChI=1S/C19H19IN2O3/c20-16-9-7-15(8-10-16)18(24)22-17(19(25)21-11-4-12-23)13-14-5-2-1-3-6-14/h1-3,5-10,13,23H,4,11-12H2,(H,21,25)(H,22,24)/b17-13+. The Kier molecular flexibility index (Phi) is 7.62. The summed E-state index contributed by atoms with van der Waals surface area (Å²) in [6.45, 7) is 0.327. The summed E-state index contributed by atoms with van der Waals surface area (Å²) in [4.78, 5) is 24.8. The number of amides is 2. The summed E-state index contributed by atoms with van der Waals surface area (Å²) in [5.41, 5.74) is 1.44. The molecule has 2 amide bonds. The molecular weight excluding hydrogens is 431 g/mol. The number of carbonyl (C=O) groups is 2. The van der Waals surface area contributed by atoms with E-state index in [1.54, 1.807) is 18.2 Å². The first-order valence-electron chi connectivity index (χ1n) is 7.83. The van der Waals surface area contributed by atoms with Gasteiger partial charge in [-0.3, -0.25) is 9.59 Å². The van der Waals surface area contributed by atoms with Crippen molar-refractivity contribution < 1.29 is 14.7 Å². The van der Waals surface area contributed by atoms with Gasteiger partial charge in [-0.1, -0.05) is 30.3 Å². The lowest BCUT2D eigenvalue weighted by Crippen LogP contribution is -2.35. The molecule has 130 valence electrons. The molecule has 0 aromatic heterocycles. The van der Waals surface area contributed by atoms with E-state index < -0.39 is 5.91 Å². The third-order valence-electron chi connectivity index (χ3n) is 3.33. The second kappa shape index (κ2) is 9.95. The highest BCUT2D eigenvalue weighted by molar-refractivity contribution is 14.1. The van der Waals surface area contributed by atoms with Gasteiger partial charge in [0.2, 0.25) is 0 Å². The molecule has 0 spiro atoms. The van der Waals surface area contributed by atoms with Crippen LogP contribution in [0, 0.1) is 3.57 Å². The van der Waals surface area contributed by atoms with Gasteiger partial charge >= 0.3 is 0 Å². The van der Waals surface area contributed by atoms with E-state index in [0.29, 0.717) is 18.5 Å². The van der Waals surface area contributed by atoms with E-state index in [2.05, 4.69) is 33.2 Å². The van der Waals surface area contributed by atoms with Crippen molar-refractivity contribution in [1.29, 1.82) is 0 Å². The van der Waals surface area contributed by atoms with Gasteiger partial charge in [-0.25, -0.2) is 0 Å². The van der Waals surface area contributed by atoms with Crippen LogP contribution in [-0.4, -0.2) is 30.1 Å². The predicted octanol–water partition coefficient (Wildman–Crippen LogP) is 2.56. The quantitative estimate of drug-likeness (QED) is 0.345. The van der Waals surface area contributed by atoms with Gasteiger partial charge in [0.15, 0.2) is 0 Å². The van der Waals surface area contributed by atoms with Crippen molar-refractivity contribution in [2.75, 3.05) is 13.2 Å². The number of halogens is 1. The zero-order valence-corrected chi connectivity index (χ0v) is 15.7. The van der Waals surface area contributed by atoms with Gasteiger partial charge in [0, 0.05) is 22.3 Å². The molecule has 2 aromatic carbocycles. The number of benzene rings is 2. The summed E-state index contributed by atoms with van der Waals surface area (Å²) >= 11 is 2.16. The van der Waals surface area contributed by atoms with Gasteiger partial charge in [-0.05, 0) is 64.9 Å². The molecule has 5 nitrogen and oxygen atoms in total. The average molecular weight is 450 g/mol. The molecule has 6 heteroatoms. The van der Waals surface area contributed by atoms with Crippen LogP contribution >= 0.6 is 22.6 Å². The van der Waals surface area contributed by atoms with Gasteiger partial charge in [-0.2, -0.15) is 0 Å². The molecule has 0 bridgehead atoms. The lowest BCUT2D eigenvalue weighted by molar-refractivity contribution is -0.117. The van der Waals surface area contributed by atoms with Crippen molar-refractivity contribution >= 4 is 40.5 Å². The fourth-order valence-corrected chi connectivity index (χ4v) is 2.41. The van der Waals surface area contributed by atoms with E-state index in [0.717, 1.165) is 9.13 Å². The summed E-state index contributed by atoms with van der Waals surface area (Å²) in [7, 11) is 0. The van der Waals surface area contributed by atoms with E-state index in [9.17, 15) is 9.59 Å². The molecule has 0 aliphatic heterocycles. The Morgan fingerprint density at radius 3 is 2.36 bits per heavy atom. The van der Waals surface area contributed by atoms with Crippen LogP contribution in [0.3, 0.4) is 0 Å². The minimum Gasteiger partial charge on any atom is -0.396 e. The normalized spacial score (nSPS) is 11.0. The molecule has 0 fully saturated rings. The molecule has 3 N–H and O–H groups in total. The minimum atomic E-state index is -0.392. The van der Waals surface area contributed by atoms with Crippen LogP contribution in [-0.2, 0) is 4.79 Å². The highest BCUT2D eigenvalue weighted by Crippen LogP contribution is 2.09. The molecule has 0 radical (unpaired) electrons. The van der Waals surface area contributed by atoms with Crippen molar-refractivity contribution in [2.45, 2.75) is 6.42 Å². The van der Waals surface area contributed by atoms with E-state index in [4.69, 9.17) is 5.11 Å². The van der Waals surface area contributed by atoms with E-state index in [1.807, 2.05) is 42.5 Å². The molecule has 0 aliphatic rings. The zero-order chi connectivity index (χ0) is 18.1. The topological polar surface area (TPSA) is 78.4 Å². The zero-order valence-electron chi connectivity index (χ0n) is 13.5. The van der Waals surface area contributed by atoms with Gasteiger partial charge in [0.05, 0.1) is 0 Å². The van der Waals surface area contributed by atoms with Crippen LogP contribution in [0.5, 0.6) is 0 Å². The number of carbonyl (C=O) groups excluding carboxylic acids is 2. The van der Waals surface area contributed by atoms with Crippen LogP contribution in [0.1, 0.15) is 22.3 Å². The van der Waals surface area contributed by atoms with Crippen molar-refractivity contribution in [3.63, 3.8) is 0 Å². The second-order valence-electron chi connectivity index (χ2n) is 5.26. The number of aliphatic hydroxyl groups excluding tert-OH is 1. The van der Waals surface area contributed by atoms with E-state index >= 15 is 0 Å². The Morgan fingerprint density at radius 2 is 1.72 bits per heavy atom. The number of hydrogen-bond donors (Lipinski definition) is 3. The molecule has 25 heavy (non-hydrogen) atoms. The predicted molar refractivity (Wildman–Crippen MR) is 106 cm³/mol. The Hall–Kier alpha value is -2.19. The molecule has 2 rings (SSSR count). The lowest BCUT2D eigenvalue weighted by atomic mass is 10.1. The Balaban J connectivity index is 2.18. The summed E-state index contributed by atoms with van der Waals surface area (Å²) in [5, 5.41) is 14.2. The van der Waals surface area contributed by atoms with Crippen LogP contribution < -0.4 is 10.6 Å². The van der Waals surface area contributed by atoms with Crippen molar-refractivity contribution in [2.24, 2.45) is 0 Å². The van der Waals surface area contributed by atoms with Gasteiger partial charge in [0.25, 0.3) is 11.8 Å². The Bertz CT molecular complexity index is 743. The molecule has 0 aliphatic carbocycles. The summed E-state index contributed by atoms with van der Waals surface area (Å²) in [6, 6.07) is 16.4. The summed E-state index contributed by atoms with van der Waals surface area (Å²) < 4.78 is 1.02. The second-order valence-corrected chi connectivity index (χ2v) is 6.51. The van der Waals surface area contributed by atoms with Crippen LogP contribution in [0.4, 0.5) is 0 Å². The molecule has 0 heterocycles. The average Bonchev–Trinajstić information content (AvgIpc) is 2.62. The number of hydrogen-bond acceptors (Lipinski definition) is 3. The monoisotopic (exact) mass is 450 g/mol. The summed E-state index contributed by atoms with van der Waals surface area (Å²) in [6.07, 6.45) is 2.08. The van der Waals surface area contributed by atoms with Gasteiger partial charge in [0.1, 0.15) is 5.70 Å². The maximum absolute atomic E-state index is 12.4. The maximum atomic E-state index is 12.4. The lowest BCUT2D eigenvalue weighted by Gasteiger charge is -2.11. The SMILES string of the molecule is O=C(NCCCO)/C(=C\c1ccccc1)NC(=O)c1ccc(I)cc1. The molecule has 0 atom stereocenters. The number of aliphatic hydroxyl groups is 1. The Morgan fingerprint density at radius 1 is 1.04 bits per heavy atom. The maximum Gasteiger partial charge on any atom is 0.267 e. The first-order chi connectivity index (χ1) is 12.1. The van der Waals surface area contributed by atoms with Gasteiger partial charge in [-0.15, -0.1) is 0 Å². The molecule has 0 saturated heterocycles. The van der Waals surface area contributed by atoms with Gasteiger partial charge < -0.3 is 15.7 Å². The van der Waals surface area contributed by atoms with Crippen molar-refractivity contribution in [3.05, 3.63) is 75.0 Å². The largest absolute Gasteiger partial charge is 0.396 e. The van der Waals surface area contributed by atoms with Crippen LogP contribution in [0.15, 0.2) is 60.3 Å². The third kappa shape index (κ3) is 6.32. The molecule has 0 unspecified atom stereocenters. The van der Waals surface area contributed by atoms with Crippen LogP contribution in [0.2, 0.25) is 0 Å². The number of rotatable bonds is 7. The highest BCUT2D eigenvalue weighted by atomic mass is 127. The summed E-state index contributed by atoms with van der Waals surface area (Å²) in [5.74, 6) is -0.743. The van der Waals surface area contributed by atoms with Crippen LogP contribution in [0.25, 0.3) is 6.08 Å². The fraction of sp³-hybridized carbons (Fsp3) is 0.158. The first-order valence-corrected chi connectivity index (χ1v) is 8.91. The van der Waals surface area contributed by atoms with Crippen molar-refractivity contribution in [3.8, 4) is 0 Å². The first kappa shape index (κ1) is 19.1. The molecule has 0 saturated carbocycles. The van der Waals surface area contributed by atoms with Crippen molar-refractivity contribution in [1.82, 2.24) is 10.6 Å². The Labute approximate surface area is 160 Å². The highest BCUT2D eigenvalue weighted by Gasteiger charge is 2.14. The van der Waals surface area contributed by atoms with E-state index in [-0.39, 0.29) is 18.2 Å². The molecular formula is C19H19IN2O3. The van der Waals surface area contributed by atoms with E-state index in [1.165, 1.54) is 0 Å². The number of nitrogens with one attached hydrogen (secondary N) is 2. The third-order valence-corrected chi connectivity index (χ3v) is 4.05. The minimum absolute atomic E-state index is 0.00692. The fourth-order valence-electron chi connectivity index (χ4n) is 2.05. The smallest absolute Gasteiger partial charge is 0.267 e. The molecule has 2 aromatic rings.